The van der Waals surface area contributed by atoms with Crippen molar-refractivity contribution in [1.29, 1.82) is 0 Å². The number of fused-ring (bicyclic) bond motifs is 1. The summed E-state index contributed by atoms with van der Waals surface area (Å²) in [5, 5.41) is 7.05. The van der Waals surface area contributed by atoms with Crippen LogP contribution in [0.5, 0.6) is 0 Å². The molecule has 0 radical (unpaired) electrons. The van der Waals surface area contributed by atoms with E-state index in [1.165, 1.54) is 18.4 Å². The van der Waals surface area contributed by atoms with Crippen molar-refractivity contribution >= 4 is 34.7 Å². The van der Waals surface area contributed by atoms with Gasteiger partial charge in [0.05, 0.1) is 12.2 Å². The van der Waals surface area contributed by atoms with Crippen molar-refractivity contribution in [1.82, 2.24) is 14.4 Å². The van der Waals surface area contributed by atoms with Crippen molar-refractivity contribution in [3.8, 4) is 0 Å². The first-order valence-electron chi connectivity index (χ1n) is 12.0. The van der Waals surface area contributed by atoms with Crippen LogP contribution in [0.3, 0.4) is 0 Å². The molecule has 4 N–H and O–H groups in total. The van der Waals surface area contributed by atoms with E-state index in [0.717, 1.165) is 34.6 Å². The zero-order chi connectivity index (χ0) is 23.9. The van der Waals surface area contributed by atoms with Gasteiger partial charge >= 0.3 is 0 Å². The van der Waals surface area contributed by atoms with Crippen LogP contribution >= 0.6 is 11.6 Å². The molecular weight excluding hydrogens is 460 g/mol. The minimum absolute atomic E-state index is 0.0132. The standard InChI is InChI=1S/C27H27ClN6O/c28-20-3-1-2-17(9-20)23-11-24(23)27(35)33-25-10-21(6-7-30-25)31-13-22-15-34-14-19(16-4-5-16)8-18(12-29)26(34)32-22/h1-3,6-10,14-16,23-24H,4-5,11-13,29H2,(H2,30,31,33,35). The monoisotopic (exact) mass is 486 g/mol. The summed E-state index contributed by atoms with van der Waals surface area (Å²) in [7, 11) is 0. The molecule has 7 nitrogen and oxygen atoms in total. The van der Waals surface area contributed by atoms with Crippen LogP contribution in [0.1, 0.15) is 53.5 Å². The second-order valence-corrected chi connectivity index (χ2v) is 9.95. The maximum atomic E-state index is 12.7. The van der Waals surface area contributed by atoms with Crippen LogP contribution in [0.2, 0.25) is 5.02 Å². The van der Waals surface area contributed by atoms with E-state index in [4.69, 9.17) is 22.3 Å². The Hall–Kier alpha value is -3.42. The molecule has 3 aromatic heterocycles. The van der Waals surface area contributed by atoms with E-state index < -0.39 is 0 Å². The molecule has 1 aromatic carbocycles. The van der Waals surface area contributed by atoms with Gasteiger partial charge in [-0.3, -0.25) is 4.79 Å². The van der Waals surface area contributed by atoms with Crippen molar-refractivity contribution < 1.29 is 4.79 Å². The molecule has 6 rings (SSSR count). The number of imidazole rings is 1. The number of aromatic nitrogens is 3. The van der Waals surface area contributed by atoms with E-state index in [1.807, 2.05) is 36.4 Å². The summed E-state index contributed by atoms with van der Waals surface area (Å²) in [6.45, 7) is 1.03. The number of benzene rings is 1. The van der Waals surface area contributed by atoms with Gasteiger partial charge < -0.3 is 20.8 Å². The number of carbonyl (C=O) groups is 1. The molecule has 1 amide bonds. The topological polar surface area (TPSA) is 97.3 Å². The zero-order valence-corrected chi connectivity index (χ0v) is 20.0. The number of halogens is 1. The largest absolute Gasteiger partial charge is 0.379 e. The summed E-state index contributed by atoms with van der Waals surface area (Å²) in [5.74, 6) is 1.34. The average Bonchev–Trinajstić information content (AvgIpc) is 3.78. The SMILES string of the molecule is NCc1cc(C2CC2)cn2cc(CNc3ccnc(NC(=O)C4CC4c4cccc(Cl)c4)c3)nc12. The second kappa shape index (κ2) is 8.98. The number of rotatable bonds is 8. The Balaban J connectivity index is 1.10. The number of nitrogens with two attached hydrogens (primary N) is 1. The van der Waals surface area contributed by atoms with Gasteiger partial charge in [0.1, 0.15) is 11.5 Å². The number of hydrogen-bond acceptors (Lipinski definition) is 5. The lowest BCUT2D eigenvalue weighted by atomic mass is 10.1. The quantitative estimate of drug-likeness (QED) is 0.323. The molecule has 2 unspecified atom stereocenters. The number of nitrogens with one attached hydrogen (secondary N) is 2. The molecule has 0 bridgehead atoms. The highest BCUT2D eigenvalue weighted by Gasteiger charge is 2.44. The van der Waals surface area contributed by atoms with Crippen LogP contribution in [0.4, 0.5) is 11.5 Å². The Kier molecular flexibility index (Phi) is 5.66. The molecule has 2 atom stereocenters. The van der Waals surface area contributed by atoms with Gasteiger partial charge in [-0.2, -0.15) is 0 Å². The lowest BCUT2D eigenvalue weighted by Crippen LogP contribution is -2.15. The number of carbonyl (C=O) groups excluding carboxylic acids is 1. The molecule has 8 heteroatoms. The van der Waals surface area contributed by atoms with Crippen LogP contribution in [0.25, 0.3) is 5.65 Å². The minimum atomic E-state index is -0.0536. The second-order valence-electron chi connectivity index (χ2n) is 9.52. The summed E-state index contributed by atoms with van der Waals surface area (Å²) < 4.78 is 2.09. The number of anilines is 2. The number of amides is 1. The van der Waals surface area contributed by atoms with Crippen LogP contribution in [-0.2, 0) is 17.9 Å². The predicted molar refractivity (Wildman–Crippen MR) is 138 cm³/mol. The van der Waals surface area contributed by atoms with Gasteiger partial charge in [0.15, 0.2) is 0 Å². The Bertz CT molecular complexity index is 1410. The average molecular weight is 487 g/mol. The Morgan fingerprint density at radius 3 is 2.83 bits per heavy atom. The van der Waals surface area contributed by atoms with Gasteiger partial charge in [0.2, 0.25) is 5.91 Å². The van der Waals surface area contributed by atoms with E-state index in [9.17, 15) is 4.79 Å². The molecule has 2 fully saturated rings. The van der Waals surface area contributed by atoms with Crippen molar-refractivity contribution in [2.24, 2.45) is 11.7 Å². The predicted octanol–water partition coefficient (Wildman–Crippen LogP) is 5.07. The van der Waals surface area contributed by atoms with E-state index in [0.29, 0.717) is 29.8 Å². The molecule has 0 aliphatic heterocycles. The first kappa shape index (κ1) is 22.1. The summed E-state index contributed by atoms with van der Waals surface area (Å²) in [5.41, 5.74) is 12.2. The fourth-order valence-electron chi connectivity index (χ4n) is 4.73. The molecule has 4 aromatic rings. The fourth-order valence-corrected chi connectivity index (χ4v) is 4.93. The van der Waals surface area contributed by atoms with Crippen LogP contribution in [0, 0.1) is 5.92 Å². The Labute approximate surface area is 208 Å². The fraction of sp³-hybridized carbons (Fsp3) is 0.296. The van der Waals surface area contributed by atoms with Crippen LogP contribution in [-0.4, -0.2) is 20.3 Å². The minimum Gasteiger partial charge on any atom is -0.379 e. The van der Waals surface area contributed by atoms with Gasteiger partial charge in [-0.15, -0.1) is 0 Å². The molecule has 178 valence electrons. The van der Waals surface area contributed by atoms with Crippen molar-refractivity contribution in [3.05, 3.63) is 88.5 Å². The lowest BCUT2D eigenvalue weighted by Gasteiger charge is -2.08. The van der Waals surface area contributed by atoms with Crippen molar-refractivity contribution in [2.75, 3.05) is 10.6 Å². The zero-order valence-electron chi connectivity index (χ0n) is 19.2. The Morgan fingerprint density at radius 1 is 1.14 bits per heavy atom. The smallest absolute Gasteiger partial charge is 0.229 e. The number of nitrogens with zero attached hydrogens (tertiary/aromatic N) is 3. The van der Waals surface area contributed by atoms with E-state index in [2.05, 4.69) is 38.5 Å². The molecule has 0 spiro atoms. The highest BCUT2D eigenvalue weighted by Crippen LogP contribution is 2.48. The van der Waals surface area contributed by atoms with Gasteiger partial charge in [-0.05, 0) is 66.5 Å². The third-order valence-corrected chi connectivity index (χ3v) is 7.09. The summed E-state index contributed by atoms with van der Waals surface area (Å²) >= 11 is 6.10. The molecule has 2 saturated carbocycles. The summed E-state index contributed by atoms with van der Waals surface area (Å²) in [6.07, 6.45) is 9.25. The lowest BCUT2D eigenvalue weighted by molar-refractivity contribution is -0.117. The first-order valence-corrected chi connectivity index (χ1v) is 12.4. The number of hydrogen-bond donors (Lipinski definition) is 3. The third kappa shape index (κ3) is 4.74. The normalized spacial score (nSPS) is 19.0. The molecule has 2 aliphatic rings. The number of pyridine rings is 2. The maximum Gasteiger partial charge on any atom is 0.229 e. The Morgan fingerprint density at radius 2 is 2.03 bits per heavy atom. The first-order chi connectivity index (χ1) is 17.1. The van der Waals surface area contributed by atoms with Crippen molar-refractivity contribution in [3.63, 3.8) is 0 Å². The summed E-state index contributed by atoms with van der Waals surface area (Å²) in [4.78, 5) is 21.9. The molecule has 35 heavy (non-hydrogen) atoms. The molecule has 0 saturated heterocycles. The van der Waals surface area contributed by atoms with Crippen LogP contribution < -0.4 is 16.4 Å². The van der Waals surface area contributed by atoms with Crippen LogP contribution in [0.15, 0.2) is 61.1 Å². The highest BCUT2D eigenvalue weighted by atomic mass is 35.5. The van der Waals surface area contributed by atoms with E-state index in [-0.39, 0.29) is 17.7 Å². The van der Waals surface area contributed by atoms with Gasteiger partial charge in [-0.1, -0.05) is 23.7 Å². The summed E-state index contributed by atoms with van der Waals surface area (Å²) in [6, 6.07) is 13.7. The van der Waals surface area contributed by atoms with E-state index in [1.54, 1.807) is 6.20 Å². The molecular formula is C27H27ClN6O. The van der Waals surface area contributed by atoms with Gasteiger partial charge in [-0.25, -0.2) is 9.97 Å². The molecule has 2 aliphatic carbocycles. The van der Waals surface area contributed by atoms with Gasteiger partial charge in [0, 0.05) is 53.4 Å². The van der Waals surface area contributed by atoms with Crippen molar-refractivity contribution in [2.45, 2.75) is 44.2 Å². The van der Waals surface area contributed by atoms with E-state index >= 15 is 0 Å². The highest BCUT2D eigenvalue weighted by molar-refractivity contribution is 6.30. The third-order valence-electron chi connectivity index (χ3n) is 6.86. The molecule has 3 heterocycles. The maximum absolute atomic E-state index is 12.7. The van der Waals surface area contributed by atoms with Gasteiger partial charge in [0.25, 0.3) is 0 Å².